The van der Waals surface area contributed by atoms with E-state index in [0.29, 0.717) is 6.54 Å². The van der Waals surface area contributed by atoms with E-state index >= 15 is 0 Å². The van der Waals surface area contributed by atoms with Crippen LogP contribution in [0.2, 0.25) is 0 Å². The van der Waals surface area contributed by atoms with E-state index in [1.54, 1.807) is 0 Å². The first-order valence-corrected chi connectivity index (χ1v) is 6.51. The van der Waals surface area contributed by atoms with Crippen LogP contribution < -0.4 is 20.5 Å². The third kappa shape index (κ3) is 4.71. The maximum atomic E-state index is 12.3. The molecule has 1 heterocycles. The summed E-state index contributed by atoms with van der Waals surface area (Å²) in [4.78, 5) is 20.1. The zero-order valence-corrected chi connectivity index (χ0v) is 13.6. The number of nitrogens with zero attached hydrogens (tertiary/aromatic N) is 2. The summed E-state index contributed by atoms with van der Waals surface area (Å²) >= 11 is 0. The number of hydrogen-bond acceptors (Lipinski definition) is 6. The smallest absolute Gasteiger partial charge is 0.262 e. The lowest BCUT2D eigenvalue weighted by Crippen LogP contribution is -2.49. The second-order valence-electron chi connectivity index (χ2n) is 4.52. The van der Waals surface area contributed by atoms with Gasteiger partial charge >= 0.3 is 0 Å². The maximum absolute atomic E-state index is 12.3. The number of halogens is 1. The molecule has 0 aliphatic rings. The van der Waals surface area contributed by atoms with Crippen molar-refractivity contribution in [2.24, 2.45) is 5.73 Å². The van der Waals surface area contributed by atoms with Crippen LogP contribution in [-0.4, -0.2) is 42.2 Å². The molecule has 1 aromatic heterocycles. The van der Waals surface area contributed by atoms with Gasteiger partial charge in [0.2, 0.25) is 11.8 Å². The van der Waals surface area contributed by atoms with E-state index in [2.05, 4.69) is 15.3 Å². The summed E-state index contributed by atoms with van der Waals surface area (Å²) in [6.07, 6.45) is 2.81. The van der Waals surface area contributed by atoms with Gasteiger partial charge in [-0.25, -0.2) is 9.97 Å². The molecule has 0 saturated heterocycles. The predicted molar refractivity (Wildman–Crippen MR) is 82.2 cm³/mol. The minimum Gasteiger partial charge on any atom is -0.480 e. The monoisotopic (exact) mass is 318 g/mol. The van der Waals surface area contributed by atoms with Crippen LogP contribution in [0.3, 0.4) is 0 Å². The molecule has 1 rings (SSSR count). The molecule has 0 aliphatic heterocycles. The summed E-state index contributed by atoms with van der Waals surface area (Å²) in [6.45, 7) is 4.34. The van der Waals surface area contributed by atoms with Gasteiger partial charge in [-0.15, -0.1) is 12.4 Å². The molecule has 120 valence electrons. The van der Waals surface area contributed by atoms with Crippen LogP contribution in [0.25, 0.3) is 0 Å². The molecule has 1 amide bonds. The fourth-order valence-corrected chi connectivity index (χ4v) is 1.70. The first-order chi connectivity index (χ1) is 9.51. The molecule has 0 atom stereocenters. The quantitative estimate of drug-likeness (QED) is 0.782. The molecule has 0 radical (unpaired) electrons. The number of nitrogens with two attached hydrogens (primary N) is 1. The van der Waals surface area contributed by atoms with E-state index in [1.165, 1.54) is 20.5 Å². The normalized spacial score (nSPS) is 10.5. The molecule has 21 heavy (non-hydrogen) atoms. The highest BCUT2D eigenvalue weighted by Gasteiger charge is 2.25. The zero-order valence-electron chi connectivity index (χ0n) is 12.8. The summed E-state index contributed by atoms with van der Waals surface area (Å²) in [6, 6.07) is 0. The second kappa shape index (κ2) is 8.63. The van der Waals surface area contributed by atoms with Gasteiger partial charge in [-0.05, 0) is 12.8 Å². The number of amides is 1. The van der Waals surface area contributed by atoms with Gasteiger partial charge in [-0.1, -0.05) is 13.8 Å². The Morgan fingerprint density at radius 1 is 1.24 bits per heavy atom. The summed E-state index contributed by atoms with van der Waals surface area (Å²) < 4.78 is 10.1. The number of methoxy groups -OCH3 is 2. The average molecular weight is 319 g/mol. The third-order valence-electron chi connectivity index (χ3n) is 3.40. The van der Waals surface area contributed by atoms with Crippen molar-refractivity contribution in [1.82, 2.24) is 15.3 Å². The van der Waals surface area contributed by atoms with Crippen molar-refractivity contribution in [3.63, 3.8) is 0 Å². The molecule has 7 nitrogen and oxygen atoms in total. The second-order valence-corrected chi connectivity index (χ2v) is 4.52. The van der Waals surface area contributed by atoms with E-state index in [1.807, 2.05) is 13.8 Å². The molecule has 0 saturated carbocycles. The molecular weight excluding hydrogens is 296 g/mol. The van der Waals surface area contributed by atoms with E-state index in [9.17, 15) is 4.79 Å². The minimum absolute atomic E-state index is 0. The Morgan fingerprint density at radius 3 is 2.10 bits per heavy atom. The van der Waals surface area contributed by atoms with E-state index in [4.69, 9.17) is 15.2 Å². The van der Waals surface area contributed by atoms with Gasteiger partial charge in [0.05, 0.1) is 14.2 Å². The average Bonchev–Trinajstić information content (AvgIpc) is 2.51. The first kappa shape index (κ1) is 19.4. The number of ether oxygens (including phenoxy) is 2. The van der Waals surface area contributed by atoms with Gasteiger partial charge in [-0.3, -0.25) is 4.79 Å². The highest BCUT2D eigenvalue weighted by molar-refractivity contribution is 5.98. The number of nitrogens with one attached hydrogen (secondary N) is 1. The number of rotatable bonds is 7. The van der Waals surface area contributed by atoms with Gasteiger partial charge in [0.1, 0.15) is 6.33 Å². The lowest BCUT2D eigenvalue weighted by molar-refractivity contribution is 0.0934. The van der Waals surface area contributed by atoms with Crippen LogP contribution in [-0.2, 0) is 0 Å². The number of aromatic nitrogens is 2. The minimum atomic E-state index is -0.425. The Bertz CT molecular complexity index is 444. The van der Waals surface area contributed by atoms with Gasteiger partial charge in [0.15, 0.2) is 5.56 Å². The lowest BCUT2D eigenvalue weighted by Gasteiger charge is -2.26. The van der Waals surface area contributed by atoms with E-state index in [0.717, 1.165) is 12.8 Å². The highest BCUT2D eigenvalue weighted by Crippen LogP contribution is 2.23. The van der Waals surface area contributed by atoms with Gasteiger partial charge in [0, 0.05) is 12.1 Å². The molecule has 1 aromatic rings. The molecule has 3 N–H and O–H groups in total. The topological polar surface area (TPSA) is 99.4 Å². The summed E-state index contributed by atoms with van der Waals surface area (Å²) in [5.74, 6) is -0.0223. The number of hydrogen-bond donors (Lipinski definition) is 2. The number of carbonyl (C=O) groups excluding carboxylic acids is 1. The Morgan fingerprint density at radius 2 is 1.71 bits per heavy atom. The molecule has 0 bridgehead atoms. The standard InChI is InChI=1S/C13H22N4O3.ClH/c1-5-13(14,6-2)7-15-10(18)9-11(19-3)16-8-17-12(9)20-4;/h8H,5-7,14H2,1-4H3,(H,15,18);1H. The predicted octanol–water partition coefficient (Wildman–Crippen LogP) is 1.16. The fraction of sp³-hybridized carbons (Fsp3) is 0.615. The molecule has 0 aliphatic carbocycles. The van der Waals surface area contributed by atoms with Crippen molar-refractivity contribution < 1.29 is 14.3 Å². The molecular formula is C13H23ClN4O3. The Hall–Kier alpha value is -1.60. The van der Waals surface area contributed by atoms with Gasteiger partial charge in [-0.2, -0.15) is 0 Å². The van der Waals surface area contributed by atoms with Crippen LogP contribution >= 0.6 is 12.4 Å². The molecule has 0 aromatic carbocycles. The summed E-state index contributed by atoms with van der Waals surface area (Å²) in [5.41, 5.74) is 5.90. The lowest BCUT2D eigenvalue weighted by atomic mass is 9.94. The van der Waals surface area contributed by atoms with Crippen LogP contribution in [0.5, 0.6) is 11.8 Å². The van der Waals surface area contributed by atoms with Gasteiger partial charge < -0.3 is 20.5 Å². The third-order valence-corrected chi connectivity index (χ3v) is 3.40. The van der Waals surface area contributed by atoms with Crippen LogP contribution in [0.1, 0.15) is 37.0 Å². The Kier molecular flexibility index (Phi) is 7.98. The summed E-state index contributed by atoms with van der Waals surface area (Å²) in [7, 11) is 2.87. The van der Waals surface area contributed by atoms with Crippen molar-refractivity contribution in [3.8, 4) is 11.8 Å². The summed E-state index contributed by atoms with van der Waals surface area (Å²) in [5, 5.41) is 2.79. The van der Waals surface area contributed by atoms with Gasteiger partial charge in [0.25, 0.3) is 5.91 Å². The molecule has 0 unspecified atom stereocenters. The Labute approximate surface area is 131 Å². The van der Waals surface area contributed by atoms with Crippen LogP contribution in [0.4, 0.5) is 0 Å². The maximum Gasteiger partial charge on any atom is 0.262 e. The van der Waals surface area contributed by atoms with Crippen LogP contribution in [0, 0.1) is 0 Å². The molecule has 0 fully saturated rings. The number of carbonyl (C=O) groups is 1. The van der Waals surface area contributed by atoms with Crippen molar-refractivity contribution in [3.05, 3.63) is 11.9 Å². The zero-order chi connectivity index (χ0) is 15.2. The fourth-order valence-electron chi connectivity index (χ4n) is 1.70. The van der Waals surface area contributed by atoms with Crippen molar-refractivity contribution in [1.29, 1.82) is 0 Å². The highest BCUT2D eigenvalue weighted by atomic mass is 35.5. The molecule has 0 spiro atoms. The van der Waals surface area contributed by atoms with Crippen molar-refractivity contribution in [2.75, 3.05) is 20.8 Å². The molecule has 8 heteroatoms. The van der Waals surface area contributed by atoms with E-state index in [-0.39, 0.29) is 35.6 Å². The van der Waals surface area contributed by atoms with Crippen molar-refractivity contribution in [2.45, 2.75) is 32.2 Å². The van der Waals surface area contributed by atoms with Crippen molar-refractivity contribution >= 4 is 18.3 Å². The largest absolute Gasteiger partial charge is 0.480 e. The van der Waals surface area contributed by atoms with Crippen LogP contribution in [0.15, 0.2) is 6.33 Å². The SMILES string of the molecule is CCC(N)(CC)CNC(=O)c1c(OC)ncnc1OC.Cl. The van der Waals surface area contributed by atoms with E-state index < -0.39 is 5.54 Å². The first-order valence-electron chi connectivity index (χ1n) is 6.51. The Balaban J connectivity index is 0.00000400.